The van der Waals surface area contributed by atoms with Crippen molar-refractivity contribution in [3.8, 4) is 5.69 Å². The van der Waals surface area contributed by atoms with E-state index in [-0.39, 0.29) is 11.3 Å². The first-order valence-corrected chi connectivity index (χ1v) is 8.23. The lowest BCUT2D eigenvalue weighted by molar-refractivity contribution is 0.0600. The molecule has 2 aromatic carbocycles. The molecule has 1 heterocycles. The van der Waals surface area contributed by atoms with E-state index in [9.17, 15) is 9.59 Å². The van der Waals surface area contributed by atoms with Gasteiger partial charge in [-0.3, -0.25) is 9.36 Å². The molecule has 0 aliphatic carbocycles. The highest BCUT2D eigenvalue weighted by Gasteiger charge is 2.22. The van der Waals surface area contributed by atoms with Crippen LogP contribution in [-0.4, -0.2) is 17.6 Å². The van der Waals surface area contributed by atoms with Gasteiger partial charge in [0.1, 0.15) is 5.56 Å². The molecule has 0 atom stereocenters. The van der Waals surface area contributed by atoms with Crippen molar-refractivity contribution in [2.45, 2.75) is 6.92 Å². The predicted octanol–water partition coefficient (Wildman–Crippen LogP) is 3.01. The van der Waals surface area contributed by atoms with Crippen LogP contribution in [-0.2, 0) is 4.74 Å². The van der Waals surface area contributed by atoms with E-state index in [1.165, 1.54) is 11.7 Å². The Morgan fingerprint density at radius 1 is 1.16 bits per heavy atom. The standard InChI is InChI=1S/C18H16BrN3O3/c1-9-7-11(20)4-6-13(9)22-14-8-10(19)3-5-12(14)16(21)15(17(22)23)18(24)25-2/h3-8H,20-21H2,1-2H3. The number of anilines is 2. The number of halogens is 1. The van der Waals surface area contributed by atoms with Crippen molar-refractivity contribution in [2.24, 2.45) is 0 Å². The number of carbonyl (C=O) groups is 1. The summed E-state index contributed by atoms with van der Waals surface area (Å²) in [6, 6.07) is 10.5. The number of methoxy groups -OCH3 is 1. The lowest BCUT2D eigenvalue weighted by Gasteiger charge is -2.17. The summed E-state index contributed by atoms with van der Waals surface area (Å²) in [5, 5.41) is 0.583. The number of nitrogen functional groups attached to an aromatic ring is 2. The first kappa shape index (κ1) is 17.0. The summed E-state index contributed by atoms with van der Waals surface area (Å²) in [7, 11) is 1.21. The Balaban J connectivity index is 2.54. The van der Waals surface area contributed by atoms with E-state index < -0.39 is 11.5 Å². The maximum Gasteiger partial charge on any atom is 0.345 e. The number of nitrogens with zero attached hydrogens (tertiary/aromatic N) is 1. The first-order chi connectivity index (χ1) is 11.8. The number of esters is 1. The van der Waals surface area contributed by atoms with Crippen LogP contribution in [0.5, 0.6) is 0 Å². The number of nitrogens with two attached hydrogens (primary N) is 2. The summed E-state index contributed by atoms with van der Waals surface area (Å²) in [5.74, 6) is -0.769. The minimum Gasteiger partial charge on any atom is -0.465 e. The summed E-state index contributed by atoms with van der Waals surface area (Å²) >= 11 is 3.41. The molecular formula is C18H16BrN3O3. The van der Waals surface area contributed by atoms with Gasteiger partial charge in [0.25, 0.3) is 5.56 Å². The zero-order valence-corrected chi connectivity index (χ0v) is 15.3. The van der Waals surface area contributed by atoms with Gasteiger partial charge in [-0.05, 0) is 48.9 Å². The molecule has 128 valence electrons. The van der Waals surface area contributed by atoms with Gasteiger partial charge >= 0.3 is 5.97 Å². The number of fused-ring (bicyclic) bond motifs is 1. The van der Waals surface area contributed by atoms with Crippen LogP contribution in [0.3, 0.4) is 0 Å². The second kappa shape index (κ2) is 6.25. The monoisotopic (exact) mass is 401 g/mol. The normalized spacial score (nSPS) is 10.8. The SMILES string of the molecule is COC(=O)c1c(N)c2ccc(Br)cc2n(-c2ccc(N)cc2C)c1=O. The van der Waals surface area contributed by atoms with Gasteiger partial charge in [-0.1, -0.05) is 15.9 Å². The van der Waals surface area contributed by atoms with Gasteiger partial charge in [0.05, 0.1) is 24.0 Å². The number of aromatic nitrogens is 1. The third-order valence-corrected chi connectivity index (χ3v) is 4.52. The Labute approximate surface area is 152 Å². The summed E-state index contributed by atoms with van der Waals surface area (Å²) in [5.41, 5.74) is 13.9. The zero-order valence-electron chi connectivity index (χ0n) is 13.7. The molecule has 0 fully saturated rings. The van der Waals surface area contributed by atoms with Crippen LogP contribution in [0.1, 0.15) is 15.9 Å². The molecular weight excluding hydrogens is 386 g/mol. The second-order valence-corrected chi connectivity index (χ2v) is 6.54. The number of ether oxygens (including phenoxy) is 1. The Kier molecular flexibility index (Phi) is 4.26. The molecule has 25 heavy (non-hydrogen) atoms. The lowest BCUT2D eigenvalue weighted by atomic mass is 10.1. The van der Waals surface area contributed by atoms with Crippen LogP contribution in [0.25, 0.3) is 16.6 Å². The fourth-order valence-electron chi connectivity index (χ4n) is 2.86. The average Bonchev–Trinajstić information content (AvgIpc) is 2.56. The van der Waals surface area contributed by atoms with Crippen LogP contribution < -0.4 is 17.0 Å². The number of aryl methyl sites for hydroxylation is 1. The molecule has 0 aliphatic rings. The molecule has 6 nitrogen and oxygen atoms in total. The number of rotatable bonds is 2. The minimum atomic E-state index is -0.769. The Morgan fingerprint density at radius 2 is 1.88 bits per heavy atom. The Hall–Kier alpha value is -2.80. The predicted molar refractivity (Wildman–Crippen MR) is 102 cm³/mol. The van der Waals surface area contributed by atoms with E-state index in [0.29, 0.717) is 22.3 Å². The number of carbonyl (C=O) groups excluding carboxylic acids is 1. The van der Waals surface area contributed by atoms with Gasteiger partial charge in [-0.15, -0.1) is 0 Å². The van der Waals surface area contributed by atoms with Crippen LogP contribution in [0.2, 0.25) is 0 Å². The lowest BCUT2D eigenvalue weighted by Crippen LogP contribution is -2.28. The quantitative estimate of drug-likeness (QED) is 0.507. The molecule has 0 bridgehead atoms. The zero-order chi connectivity index (χ0) is 18.3. The van der Waals surface area contributed by atoms with Gasteiger partial charge in [-0.25, -0.2) is 4.79 Å². The van der Waals surface area contributed by atoms with Crippen molar-refractivity contribution in [1.82, 2.24) is 4.57 Å². The highest BCUT2D eigenvalue weighted by atomic mass is 79.9. The molecule has 0 saturated carbocycles. The third kappa shape index (κ3) is 2.76. The highest BCUT2D eigenvalue weighted by molar-refractivity contribution is 9.10. The molecule has 0 spiro atoms. The van der Waals surface area contributed by atoms with Crippen LogP contribution in [0, 0.1) is 6.92 Å². The van der Waals surface area contributed by atoms with Crippen LogP contribution in [0.15, 0.2) is 45.7 Å². The first-order valence-electron chi connectivity index (χ1n) is 7.43. The summed E-state index contributed by atoms with van der Waals surface area (Å²) in [6.07, 6.45) is 0. The molecule has 3 rings (SSSR count). The fraction of sp³-hybridized carbons (Fsp3) is 0.111. The number of hydrogen-bond donors (Lipinski definition) is 2. The van der Waals surface area contributed by atoms with Gasteiger partial charge in [0, 0.05) is 15.5 Å². The molecule has 1 aromatic heterocycles. The van der Waals surface area contributed by atoms with Gasteiger partial charge in [-0.2, -0.15) is 0 Å². The van der Waals surface area contributed by atoms with Gasteiger partial charge in [0.15, 0.2) is 0 Å². The Morgan fingerprint density at radius 3 is 2.52 bits per heavy atom. The second-order valence-electron chi connectivity index (χ2n) is 5.63. The van der Waals surface area contributed by atoms with Gasteiger partial charge in [0.2, 0.25) is 0 Å². The van der Waals surface area contributed by atoms with Crippen molar-refractivity contribution in [3.63, 3.8) is 0 Å². The molecule has 0 unspecified atom stereocenters. The van der Waals surface area contributed by atoms with Crippen LogP contribution in [0.4, 0.5) is 11.4 Å². The maximum atomic E-state index is 13.1. The molecule has 7 heteroatoms. The molecule has 0 amide bonds. The van der Waals surface area contributed by atoms with E-state index >= 15 is 0 Å². The topological polar surface area (TPSA) is 100 Å². The van der Waals surface area contributed by atoms with E-state index in [2.05, 4.69) is 15.9 Å². The summed E-state index contributed by atoms with van der Waals surface area (Å²) in [6.45, 7) is 1.84. The van der Waals surface area contributed by atoms with E-state index in [0.717, 1.165) is 10.0 Å². The van der Waals surface area contributed by atoms with Crippen molar-refractivity contribution in [3.05, 3.63) is 62.4 Å². The molecule has 3 aromatic rings. The van der Waals surface area contributed by atoms with Crippen molar-refractivity contribution >= 4 is 44.2 Å². The van der Waals surface area contributed by atoms with Gasteiger partial charge < -0.3 is 16.2 Å². The van der Waals surface area contributed by atoms with Crippen molar-refractivity contribution in [1.29, 1.82) is 0 Å². The minimum absolute atomic E-state index is 0.101. The fourth-order valence-corrected chi connectivity index (χ4v) is 3.21. The molecule has 4 N–H and O–H groups in total. The molecule has 0 radical (unpaired) electrons. The largest absolute Gasteiger partial charge is 0.465 e. The Bertz CT molecular complexity index is 1070. The molecule has 0 aliphatic heterocycles. The van der Waals surface area contributed by atoms with Crippen molar-refractivity contribution in [2.75, 3.05) is 18.6 Å². The van der Waals surface area contributed by atoms with Crippen molar-refractivity contribution < 1.29 is 9.53 Å². The molecule has 0 saturated heterocycles. The smallest absolute Gasteiger partial charge is 0.345 e. The third-order valence-electron chi connectivity index (χ3n) is 4.03. The summed E-state index contributed by atoms with van der Waals surface area (Å²) in [4.78, 5) is 25.2. The summed E-state index contributed by atoms with van der Waals surface area (Å²) < 4.78 is 6.99. The van der Waals surface area contributed by atoms with E-state index in [1.54, 1.807) is 36.4 Å². The van der Waals surface area contributed by atoms with E-state index in [4.69, 9.17) is 16.2 Å². The number of hydrogen-bond acceptors (Lipinski definition) is 5. The maximum absolute atomic E-state index is 13.1. The number of pyridine rings is 1. The highest BCUT2D eigenvalue weighted by Crippen LogP contribution is 2.29. The number of benzene rings is 2. The van der Waals surface area contributed by atoms with E-state index in [1.807, 2.05) is 6.92 Å². The average molecular weight is 402 g/mol. The van der Waals surface area contributed by atoms with Crippen LogP contribution >= 0.6 is 15.9 Å².